The molecule has 1 amide bonds. The Morgan fingerprint density at radius 1 is 1.30 bits per heavy atom. The summed E-state index contributed by atoms with van der Waals surface area (Å²) in [6.07, 6.45) is 0.371. The van der Waals surface area contributed by atoms with Gasteiger partial charge in [-0.1, -0.05) is 6.07 Å². The molecule has 6 nitrogen and oxygen atoms in total. The number of hydrogen-bond acceptors (Lipinski definition) is 4. The molecule has 0 saturated heterocycles. The average Bonchev–Trinajstić information content (AvgIpc) is 2.33. The summed E-state index contributed by atoms with van der Waals surface area (Å²) >= 11 is 0. The second-order valence-corrected chi connectivity index (χ2v) is 5.54. The van der Waals surface area contributed by atoms with E-state index in [9.17, 15) is 9.59 Å². The van der Waals surface area contributed by atoms with E-state index >= 15 is 0 Å². The van der Waals surface area contributed by atoms with Crippen molar-refractivity contribution in [3.05, 3.63) is 29.6 Å². The molecule has 0 aliphatic rings. The highest BCUT2D eigenvalue weighted by atomic mass is 16.4. The van der Waals surface area contributed by atoms with Crippen molar-refractivity contribution in [1.82, 2.24) is 15.6 Å². The first kappa shape index (κ1) is 16.1. The fraction of sp³-hybridized carbons (Fsp3) is 0.500. The Balaban J connectivity index is 2.33. The van der Waals surface area contributed by atoms with Gasteiger partial charge in [0.25, 0.3) is 0 Å². The van der Waals surface area contributed by atoms with Crippen molar-refractivity contribution in [3.8, 4) is 0 Å². The highest BCUT2D eigenvalue weighted by molar-refractivity contribution is 5.85. The number of aromatic carboxylic acids is 1. The molecular weight excluding hydrogens is 258 g/mol. The zero-order valence-electron chi connectivity index (χ0n) is 12.1. The topological polar surface area (TPSA) is 91.3 Å². The van der Waals surface area contributed by atoms with Crippen LogP contribution in [0.5, 0.6) is 0 Å². The van der Waals surface area contributed by atoms with Crippen LogP contribution in [-0.2, 0) is 11.3 Å². The van der Waals surface area contributed by atoms with Gasteiger partial charge in [-0.25, -0.2) is 9.78 Å². The van der Waals surface area contributed by atoms with E-state index in [0.29, 0.717) is 25.2 Å². The van der Waals surface area contributed by atoms with Crippen molar-refractivity contribution in [2.24, 2.45) is 0 Å². The predicted molar refractivity (Wildman–Crippen MR) is 75.4 cm³/mol. The minimum Gasteiger partial charge on any atom is -0.477 e. The van der Waals surface area contributed by atoms with E-state index < -0.39 is 5.97 Å². The lowest BCUT2D eigenvalue weighted by Crippen LogP contribution is -2.41. The molecule has 0 saturated carbocycles. The van der Waals surface area contributed by atoms with E-state index in [2.05, 4.69) is 15.6 Å². The van der Waals surface area contributed by atoms with Gasteiger partial charge in [0.2, 0.25) is 5.91 Å². The van der Waals surface area contributed by atoms with Crippen LogP contribution in [0.15, 0.2) is 18.2 Å². The van der Waals surface area contributed by atoms with E-state index in [4.69, 9.17) is 5.11 Å². The number of carbonyl (C=O) groups excluding carboxylic acids is 1. The molecule has 3 N–H and O–H groups in total. The lowest BCUT2D eigenvalue weighted by Gasteiger charge is -2.20. The van der Waals surface area contributed by atoms with Crippen LogP contribution < -0.4 is 10.6 Å². The Bertz CT molecular complexity index is 481. The highest BCUT2D eigenvalue weighted by Gasteiger charge is 2.12. The molecule has 0 atom stereocenters. The number of aromatic nitrogens is 1. The van der Waals surface area contributed by atoms with Gasteiger partial charge in [-0.3, -0.25) is 4.79 Å². The summed E-state index contributed by atoms with van der Waals surface area (Å²) < 4.78 is 0. The largest absolute Gasteiger partial charge is 0.477 e. The third kappa shape index (κ3) is 6.29. The molecule has 0 unspecified atom stereocenters. The zero-order chi connectivity index (χ0) is 15.2. The second kappa shape index (κ2) is 7.00. The molecule has 0 aliphatic carbocycles. The number of nitrogens with one attached hydrogen (secondary N) is 2. The van der Waals surface area contributed by atoms with Crippen molar-refractivity contribution in [2.45, 2.75) is 39.3 Å². The lowest BCUT2D eigenvalue weighted by molar-refractivity contribution is -0.122. The molecule has 110 valence electrons. The van der Waals surface area contributed by atoms with Gasteiger partial charge < -0.3 is 15.7 Å². The third-order valence-electron chi connectivity index (χ3n) is 2.38. The van der Waals surface area contributed by atoms with Crippen LogP contribution >= 0.6 is 0 Å². The molecule has 0 aromatic carbocycles. The van der Waals surface area contributed by atoms with Gasteiger partial charge in [0.1, 0.15) is 5.69 Å². The molecule has 6 heteroatoms. The highest BCUT2D eigenvalue weighted by Crippen LogP contribution is 2.00. The van der Waals surface area contributed by atoms with Crippen LogP contribution in [0.2, 0.25) is 0 Å². The number of carboxylic acids is 1. The number of carboxylic acid groups (broad SMARTS) is 1. The van der Waals surface area contributed by atoms with Gasteiger partial charge in [0.15, 0.2) is 0 Å². The average molecular weight is 279 g/mol. The number of hydrogen-bond donors (Lipinski definition) is 3. The van der Waals surface area contributed by atoms with Gasteiger partial charge in [-0.05, 0) is 32.9 Å². The summed E-state index contributed by atoms with van der Waals surface area (Å²) in [5.41, 5.74) is 0.435. The first-order valence-corrected chi connectivity index (χ1v) is 6.49. The lowest BCUT2D eigenvalue weighted by atomic mass is 10.1. The normalized spacial score (nSPS) is 11.2. The van der Waals surface area contributed by atoms with Crippen LogP contribution in [0.1, 0.15) is 43.4 Å². The first-order chi connectivity index (χ1) is 9.28. The number of amides is 1. The predicted octanol–water partition coefficient (Wildman–Crippen LogP) is 1.17. The number of carbonyl (C=O) groups is 2. The zero-order valence-corrected chi connectivity index (χ0v) is 12.1. The molecule has 0 aliphatic heterocycles. The Morgan fingerprint density at radius 3 is 2.60 bits per heavy atom. The summed E-state index contributed by atoms with van der Waals surface area (Å²) in [6, 6.07) is 4.84. The van der Waals surface area contributed by atoms with Gasteiger partial charge in [-0.2, -0.15) is 0 Å². The molecule has 1 aromatic heterocycles. The summed E-state index contributed by atoms with van der Waals surface area (Å²) in [4.78, 5) is 26.3. The number of pyridine rings is 1. The minimum atomic E-state index is -1.04. The van der Waals surface area contributed by atoms with E-state index in [1.807, 2.05) is 20.8 Å². The third-order valence-corrected chi connectivity index (χ3v) is 2.38. The maximum absolute atomic E-state index is 11.6. The smallest absolute Gasteiger partial charge is 0.354 e. The van der Waals surface area contributed by atoms with Gasteiger partial charge in [0.05, 0.1) is 5.69 Å². The van der Waals surface area contributed by atoms with Crippen molar-refractivity contribution in [1.29, 1.82) is 0 Å². The summed E-state index contributed by atoms with van der Waals surface area (Å²) in [5.74, 6) is -1.06. The number of nitrogens with zero attached hydrogens (tertiary/aromatic N) is 1. The van der Waals surface area contributed by atoms with E-state index in [-0.39, 0.29) is 17.1 Å². The summed E-state index contributed by atoms with van der Waals surface area (Å²) in [5, 5.41) is 14.8. The monoisotopic (exact) mass is 279 g/mol. The summed E-state index contributed by atoms with van der Waals surface area (Å²) in [6.45, 7) is 6.74. The quantitative estimate of drug-likeness (QED) is 0.680. The number of rotatable bonds is 6. The molecular formula is C14H21N3O3. The Hall–Kier alpha value is -1.95. The molecule has 1 rings (SSSR count). The maximum atomic E-state index is 11.6. The van der Waals surface area contributed by atoms with Crippen molar-refractivity contribution < 1.29 is 14.7 Å². The van der Waals surface area contributed by atoms with Crippen molar-refractivity contribution in [2.75, 3.05) is 6.54 Å². The van der Waals surface area contributed by atoms with Crippen molar-refractivity contribution >= 4 is 11.9 Å². The standard InChI is InChI=1S/C14H21N3O3/c1-14(2,3)17-12(18)7-8-15-9-10-5-4-6-11(16-10)13(19)20/h4-6,15H,7-9H2,1-3H3,(H,17,18)(H,19,20). The molecule has 20 heavy (non-hydrogen) atoms. The molecule has 1 aromatic rings. The maximum Gasteiger partial charge on any atom is 0.354 e. The second-order valence-electron chi connectivity index (χ2n) is 5.54. The fourth-order valence-electron chi connectivity index (χ4n) is 1.60. The SMILES string of the molecule is CC(C)(C)NC(=O)CCNCc1cccc(C(=O)O)n1. The fourth-order valence-corrected chi connectivity index (χ4v) is 1.60. The molecule has 1 heterocycles. The van der Waals surface area contributed by atoms with E-state index in [1.165, 1.54) is 6.07 Å². The van der Waals surface area contributed by atoms with E-state index in [1.54, 1.807) is 12.1 Å². The Morgan fingerprint density at radius 2 is 2.00 bits per heavy atom. The first-order valence-electron chi connectivity index (χ1n) is 6.49. The van der Waals surface area contributed by atoms with Crippen LogP contribution in [-0.4, -0.2) is 34.1 Å². The molecule has 0 fully saturated rings. The molecule has 0 bridgehead atoms. The minimum absolute atomic E-state index is 0.0164. The van der Waals surface area contributed by atoms with Crippen LogP contribution in [0.25, 0.3) is 0 Å². The van der Waals surface area contributed by atoms with Crippen LogP contribution in [0.4, 0.5) is 0 Å². The Labute approximate surface area is 118 Å². The van der Waals surface area contributed by atoms with Gasteiger partial charge in [-0.15, -0.1) is 0 Å². The van der Waals surface area contributed by atoms with Crippen molar-refractivity contribution in [3.63, 3.8) is 0 Å². The van der Waals surface area contributed by atoms with Crippen LogP contribution in [0.3, 0.4) is 0 Å². The van der Waals surface area contributed by atoms with E-state index in [0.717, 1.165) is 0 Å². The Kier molecular flexibility index (Phi) is 5.64. The summed E-state index contributed by atoms with van der Waals surface area (Å²) in [7, 11) is 0. The van der Waals surface area contributed by atoms with Gasteiger partial charge >= 0.3 is 5.97 Å². The molecule has 0 radical (unpaired) electrons. The van der Waals surface area contributed by atoms with Gasteiger partial charge in [0, 0.05) is 25.0 Å². The molecule has 0 spiro atoms. The van der Waals surface area contributed by atoms with Crippen LogP contribution in [0, 0.1) is 0 Å².